The third kappa shape index (κ3) is 3.28. The molecule has 1 rings (SSSR count). The maximum absolute atomic E-state index is 11.5. The van der Waals surface area contributed by atoms with Crippen molar-refractivity contribution < 1.29 is 4.79 Å². The van der Waals surface area contributed by atoms with E-state index in [9.17, 15) is 4.79 Å². The van der Waals surface area contributed by atoms with Crippen LogP contribution in [0.4, 0.5) is 0 Å². The zero-order chi connectivity index (χ0) is 11.6. The lowest BCUT2D eigenvalue weighted by atomic mass is 10.1. The Labute approximate surface area is 93.9 Å². The fourth-order valence-corrected chi connectivity index (χ4v) is 2.00. The average molecular weight is 227 g/mol. The zero-order valence-electron chi connectivity index (χ0n) is 9.55. The first-order chi connectivity index (χ1) is 6.80. The first-order valence-electron chi connectivity index (χ1n) is 4.81. The molecule has 0 aliphatic heterocycles. The van der Waals surface area contributed by atoms with E-state index in [1.165, 1.54) is 0 Å². The molecule has 0 aliphatic rings. The molecule has 0 aliphatic carbocycles. The van der Waals surface area contributed by atoms with Crippen molar-refractivity contribution in [3.63, 3.8) is 0 Å². The van der Waals surface area contributed by atoms with E-state index in [0.717, 1.165) is 15.6 Å². The number of hydrogen-bond acceptors (Lipinski definition) is 4. The van der Waals surface area contributed by atoms with Crippen LogP contribution in [-0.4, -0.2) is 16.4 Å². The van der Waals surface area contributed by atoms with Crippen LogP contribution in [-0.2, 0) is 11.3 Å². The van der Waals surface area contributed by atoms with Crippen molar-refractivity contribution in [3.8, 4) is 0 Å². The molecule has 1 aromatic heterocycles. The molecule has 0 radical (unpaired) electrons. The summed E-state index contributed by atoms with van der Waals surface area (Å²) in [7, 11) is 0. The molecule has 4 nitrogen and oxygen atoms in total. The Morgan fingerprint density at radius 3 is 2.53 bits per heavy atom. The van der Waals surface area contributed by atoms with Gasteiger partial charge < -0.3 is 11.1 Å². The summed E-state index contributed by atoms with van der Waals surface area (Å²) in [6.07, 6.45) is 0. The summed E-state index contributed by atoms with van der Waals surface area (Å²) in [5, 5.41) is 3.82. The molecule has 0 saturated carbocycles. The van der Waals surface area contributed by atoms with Crippen LogP contribution in [0.3, 0.4) is 0 Å². The van der Waals surface area contributed by atoms with Gasteiger partial charge in [-0.05, 0) is 27.7 Å². The van der Waals surface area contributed by atoms with E-state index < -0.39 is 5.54 Å². The minimum atomic E-state index is -0.826. The van der Waals surface area contributed by atoms with E-state index >= 15 is 0 Å². The Morgan fingerprint density at radius 2 is 2.13 bits per heavy atom. The molecule has 1 amide bonds. The third-order valence-electron chi connectivity index (χ3n) is 1.99. The van der Waals surface area contributed by atoms with Crippen LogP contribution in [0.15, 0.2) is 0 Å². The highest BCUT2D eigenvalue weighted by molar-refractivity contribution is 7.11. The first-order valence-corrected chi connectivity index (χ1v) is 5.62. The fraction of sp³-hybridized carbons (Fsp3) is 0.600. The smallest absolute Gasteiger partial charge is 0.239 e. The summed E-state index contributed by atoms with van der Waals surface area (Å²) >= 11 is 1.60. The minimum Gasteiger partial charge on any atom is -0.350 e. The summed E-state index contributed by atoms with van der Waals surface area (Å²) in [4.78, 5) is 16.9. The second-order valence-corrected chi connectivity index (χ2v) is 5.43. The van der Waals surface area contributed by atoms with Gasteiger partial charge in [-0.2, -0.15) is 0 Å². The molecular formula is C10H17N3OS. The number of amides is 1. The number of carbonyl (C=O) groups excluding carboxylic acids is 1. The molecule has 0 fully saturated rings. The number of thiazole rings is 1. The highest BCUT2D eigenvalue weighted by Crippen LogP contribution is 2.16. The van der Waals surface area contributed by atoms with Crippen molar-refractivity contribution in [2.75, 3.05) is 0 Å². The highest BCUT2D eigenvalue weighted by Gasteiger charge is 2.21. The van der Waals surface area contributed by atoms with Crippen LogP contribution >= 0.6 is 11.3 Å². The molecule has 5 heteroatoms. The fourth-order valence-electron chi connectivity index (χ4n) is 1.13. The van der Waals surface area contributed by atoms with Gasteiger partial charge in [0.15, 0.2) is 0 Å². The summed E-state index contributed by atoms with van der Waals surface area (Å²) in [5.41, 5.74) is 5.82. The maximum atomic E-state index is 11.5. The van der Waals surface area contributed by atoms with Crippen molar-refractivity contribution >= 4 is 17.2 Å². The van der Waals surface area contributed by atoms with Gasteiger partial charge in [-0.15, -0.1) is 11.3 Å². The monoisotopic (exact) mass is 227 g/mol. The molecule has 84 valence electrons. The summed E-state index contributed by atoms with van der Waals surface area (Å²) < 4.78 is 0. The minimum absolute atomic E-state index is 0.145. The number of nitrogens with one attached hydrogen (secondary N) is 1. The molecule has 1 heterocycles. The molecule has 0 unspecified atom stereocenters. The highest BCUT2D eigenvalue weighted by atomic mass is 32.1. The van der Waals surface area contributed by atoms with E-state index in [1.54, 1.807) is 25.2 Å². The maximum Gasteiger partial charge on any atom is 0.239 e. The Hall–Kier alpha value is -0.940. The van der Waals surface area contributed by atoms with Crippen LogP contribution in [0.2, 0.25) is 0 Å². The van der Waals surface area contributed by atoms with Crippen LogP contribution in [0.5, 0.6) is 0 Å². The molecular weight excluding hydrogens is 210 g/mol. The van der Waals surface area contributed by atoms with Crippen molar-refractivity contribution in [1.82, 2.24) is 10.3 Å². The van der Waals surface area contributed by atoms with Gasteiger partial charge in [-0.1, -0.05) is 0 Å². The average Bonchev–Trinajstić information content (AvgIpc) is 2.39. The lowest BCUT2D eigenvalue weighted by Crippen LogP contribution is -2.48. The third-order valence-corrected chi connectivity index (χ3v) is 3.07. The summed E-state index contributed by atoms with van der Waals surface area (Å²) in [6.45, 7) is 7.78. The lowest BCUT2D eigenvalue weighted by Gasteiger charge is -2.17. The number of aromatic nitrogens is 1. The van der Waals surface area contributed by atoms with E-state index in [2.05, 4.69) is 10.3 Å². The van der Waals surface area contributed by atoms with E-state index in [1.807, 2.05) is 13.8 Å². The number of nitrogens with two attached hydrogens (primary N) is 1. The summed E-state index contributed by atoms with van der Waals surface area (Å²) in [6, 6.07) is 0. The molecule has 0 atom stereocenters. The van der Waals surface area contributed by atoms with E-state index in [-0.39, 0.29) is 5.91 Å². The second kappa shape index (κ2) is 4.28. The van der Waals surface area contributed by atoms with E-state index in [4.69, 9.17) is 5.73 Å². The number of hydrogen-bond donors (Lipinski definition) is 2. The lowest BCUT2D eigenvalue weighted by molar-refractivity contribution is -0.125. The molecule has 0 bridgehead atoms. The Kier molecular flexibility index (Phi) is 3.46. The van der Waals surface area contributed by atoms with Gasteiger partial charge >= 0.3 is 0 Å². The van der Waals surface area contributed by atoms with Gasteiger partial charge in [0.1, 0.15) is 0 Å². The van der Waals surface area contributed by atoms with Crippen LogP contribution in [0.25, 0.3) is 0 Å². The van der Waals surface area contributed by atoms with Gasteiger partial charge in [0.05, 0.1) is 22.8 Å². The van der Waals surface area contributed by atoms with Gasteiger partial charge in [0.25, 0.3) is 0 Å². The standard InChI is InChI=1S/C10H17N3OS/c1-6-8(15-7(2)13-6)5-12-9(14)10(3,4)11/h5,11H2,1-4H3,(H,12,14). The molecule has 0 spiro atoms. The SMILES string of the molecule is Cc1nc(C)c(CNC(=O)C(C)(C)N)s1. The largest absolute Gasteiger partial charge is 0.350 e. The van der Waals surface area contributed by atoms with Gasteiger partial charge in [-0.25, -0.2) is 4.98 Å². The molecule has 1 aromatic rings. The first kappa shape index (κ1) is 12.1. The van der Waals surface area contributed by atoms with Gasteiger partial charge in [0.2, 0.25) is 5.91 Å². The zero-order valence-corrected chi connectivity index (χ0v) is 10.4. The molecule has 3 N–H and O–H groups in total. The van der Waals surface area contributed by atoms with Crippen molar-refractivity contribution in [3.05, 3.63) is 15.6 Å². The predicted molar refractivity (Wildman–Crippen MR) is 61.7 cm³/mol. The molecule has 0 saturated heterocycles. The van der Waals surface area contributed by atoms with Crippen LogP contribution < -0.4 is 11.1 Å². The normalized spacial score (nSPS) is 11.5. The molecule has 15 heavy (non-hydrogen) atoms. The number of rotatable bonds is 3. The summed E-state index contributed by atoms with van der Waals surface area (Å²) in [5.74, 6) is -0.145. The Balaban J connectivity index is 2.58. The quantitative estimate of drug-likeness (QED) is 0.813. The number of carbonyl (C=O) groups is 1. The Morgan fingerprint density at radius 1 is 1.53 bits per heavy atom. The number of nitrogens with zero attached hydrogens (tertiary/aromatic N) is 1. The van der Waals surface area contributed by atoms with Gasteiger partial charge in [0, 0.05) is 4.88 Å². The van der Waals surface area contributed by atoms with Crippen LogP contribution in [0, 0.1) is 13.8 Å². The van der Waals surface area contributed by atoms with E-state index in [0.29, 0.717) is 6.54 Å². The van der Waals surface area contributed by atoms with Gasteiger partial charge in [-0.3, -0.25) is 4.79 Å². The predicted octanol–water partition coefficient (Wildman–Crippen LogP) is 1.11. The van der Waals surface area contributed by atoms with Crippen molar-refractivity contribution in [1.29, 1.82) is 0 Å². The van der Waals surface area contributed by atoms with Crippen molar-refractivity contribution in [2.24, 2.45) is 5.73 Å². The topological polar surface area (TPSA) is 68.0 Å². The van der Waals surface area contributed by atoms with Crippen molar-refractivity contribution in [2.45, 2.75) is 39.8 Å². The molecule has 0 aromatic carbocycles. The Bertz CT molecular complexity index is 365. The number of aryl methyl sites for hydroxylation is 2. The van der Waals surface area contributed by atoms with Crippen LogP contribution in [0.1, 0.15) is 29.4 Å². The second-order valence-electron chi connectivity index (χ2n) is 4.15.